The van der Waals surface area contributed by atoms with Crippen LogP contribution in [0.25, 0.3) is 0 Å². The van der Waals surface area contributed by atoms with Crippen LogP contribution in [0.4, 0.5) is 0 Å². The molecule has 1 unspecified atom stereocenters. The minimum Gasteiger partial charge on any atom is -0.389 e. The lowest BCUT2D eigenvalue weighted by Crippen LogP contribution is -2.48. The van der Waals surface area contributed by atoms with Gasteiger partial charge in [-0.2, -0.15) is 0 Å². The summed E-state index contributed by atoms with van der Waals surface area (Å²) in [6.07, 6.45) is 6.24. The Balaban J connectivity index is 2.11. The van der Waals surface area contributed by atoms with E-state index in [4.69, 9.17) is 5.73 Å². The standard InChI is InChI=1S/C15H21NO/c16-10-9-15(17)11-12-5-1-2-6-13(12)14(15)7-3-4-8-14/h1-2,5-6,17H,3-4,7-11,16H2. The number of hydrogen-bond acceptors (Lipinski definition) is 2. The van der Waals surface area contributed by atoms with Crippen molar-refractivity contribution in [3.8, 4) is 0 Å². The molecule has 1 spiro atoms. The van der Waals surface area contributed by atoms with Gasteiger partial charge in [0.15, 0.2) is 0 Å². The van der Waals surface area contributed by atoms with Gasteiger partial charge >= 0.3 is 0 Å². The Labute approximate surface area is 103 Å². The molecule has 2 aliphatic rings. The Morgan fingerprint density at radius 1 is 1.18 bits per heavy atom. The Hall–Kier alpha value is -0.860. The quantitative estimate of drug-likeness (QED) is 0.819. The molecule has 3 rings (SSSR count). The molecule has 0 radical (unpaired) electrons. The maximum atomic E-state index is 11.1. The average Bonchev–Trinajstić information content (AvgIpc) is 2.88. The number of benzene rings is 1. The number of hydrogen-bond donors (Lipinski definition) is 2. The molecule has 2 heteroatoms. The summed E-state index contributed by atoms with van der Waals surface area (Å²) in [5.74, 6) is 0. The Morgan fingerprint density at radius 3 is 2.59 bits per heavy atom. The minimum absolute atomic E-state index is 0.00294. The number of fused-ring (bicyclic) bond motifs is 2. The molecule has 3 N–H and O–H groups in total. The van der Waals surface area contributed by atoms with Crippen molar-refractivity contribution in [2.75, 3.05) is 6.54 Å². The van der Waals surface area contributed by atoms with Crippen LogP contribution in [0.3, 0.4) is 0 Å². The van der Waals surface area contributed by atoms with Crippen molar-refractivity contribution in [2.24, 2.45) is 5.73 Å². The van der Waals surface area contributed by atoms with E-state index in [2.05, 4.69) is 24.3 Å². The van der Waals surface area contributed by atoms with Crippen molar-refractivity contribution in [3.05, 3.63) is 35.4 Å². The van der Waals surface area contributed by atoms with Gasteiger partial charge in [-0.15, -0.1) is 0 Å². The van der Waals surface area contributed by atoms with Gasteiger partial charge in [0.2, 0.25) is 0 Å². The second kappa shape index (κ2) is 3.82. The molecule has 0 bridgehead atoms. The highest BCUT2D eigenvalue weighted by molar-refractivity contribution is 5.45. The zero-order valence-electron chi connectivity index (χ0n) is 10.3. The van der Waals surface area contributed by atoms with Crippen LogP contribution in [-0.2, 0) is 11.8 Å². The first kappa shape index (κ1) is 11.2. The van der Waals surface area contributed by atoms with E-state index in [1.807, 2.05) is 0 Å². The zero-order chi connectivity index (χ0) is 11.9. The van der Waals surface area contributed by atoms with Crippen LogP contribution in [0.2, 0.25) is 0 Å². The summed E-state index contributed by atoms with van der Waals surface area (Å²) in [6, 6.07) is 8.57. The number of nitrogens with two attached hydrogens (primary N) is 1. The Bertz CT molecular complexity index is 423. The molecule has 0 aromatic heterocycles. The lowest BCUT2D eigenvalue weighted by atomic mass is 9.69. The molecule has 2 aliphatic carbocycles. The van der Waals surface area contributed by atoms with Crippen molar-refractivity contribution in [1.82, 2.24) is 0 Å². The molecular weight excluding hydrogens is 210 g/mol. The summed E-state index contributed by atoms with van der Waals surface area (Å²) >= 11 is 0. The molecule has 2 nitrogen and oxygen atoms in total. The predicted molar refractivity (Wildman–Crippen MR) is 68.9 cm³/mol. The maximum Gasteiger partial charge on any atom is 0.0796 e. The second-order valence-electron chi connectivity index (χ2n) is 5.69. The summed E-state index contributed by atoms with van der Waals surface area (Å²) in [7, 11) is 0. The van der Waals surface area contributed by atoms with E-state index in [-0.39, 0.29) is 5.41 Å². The van der Waals surface area contributed by atoms with Crippen LogP contribution in [0, 0.1) is 0 Å². The summed E-state index contributed by atoms with van der Waals surface area (Å²) in [5.41, 5.74) is 7.86. The van der Waals surface area contributed by atoms with Gasteiger partial charge in [0.25, 0.3) is 0 Å². The van der Waals surface area contributed by atoms with Gasteiger partial charge in [-0.1, -0.05) is 37.1 Å². The molecule has 0 aliphatic heterocycles. The zero-order valence-corrected chi connectivity index (χ0v) is 10.3. The van der Waals surface area contributed by atoms with E-state index in [1.54, 1.807) is 0 Å². The summed E-state index contributed by atoms with van der Waals surface area (Å²) in [6.45, 7) is 0.576. The van der Waals surface area contributed by atoms with Crippen LogP contribution >= 0.6 is 0 Å². The molecule has 92 valence electrons. The van der Waals surface area contributed by atoms with Gasteiger partial charge in [0.1, 0.15) is 0 Å². The van der Waals surface area contributed by atoms with E-state index >= 15 is 0 Å². The molecule has 1 atom stereocenters. The normalized spacial score (nSPS) is 29.8. The Morgan fingerprint density at radius 2 is 1.88 bits per heavy atom. The third-order valence-corrected chi connectivity index (χ3v) is 4.92. The molecule has 1 aromatic rings. The summed E-state index contributed by atoms with van der Waals surface area (Å²) in [5, 5.41) is 11.1. The van der Waals surface area contributed by atoms with Crippen molar-refractivity contribution in [1.29, 1.82) is 0 Å². The van der Waals surface area contributed by atoms with E-state index < -0.39 is 5.60 Å². The molecule has 0 amide bonds. The van der Waals surface area contributed by atoms with Gasteiger partial charge in [-0.05, 0) is 36.9 Å². The van der Waals surface area contributed by atoms with Gasteiger partial charge in [0.05, 0.1) is 5.60 Å². The van der Waals surface area contributed by atoms with Gasteiger partial charge in [-0.25, -0.2) is 0 Å². The van der Waals surface area contributed by atoms with E-state index in [1.165, 1.54) is 24.0 Å². The van der Waals surface area contributed by atoms with Crippen LogP contribution in [0.15, 0.2) is 24.3 Å². The van der Waals surface area contributed by atoms with Crippen molar-refractivity contribution in [3.63, 3.8) is 0 Å². The summed E-state index contributed by atoms with van der Waals surface area (Å²) < 4.78 is 0. The highest BCUT2D eigenvalue weighted by Crippen LogP contribution is 2.56. The van der Waals surface area contributed by atoms with Crippen molar-refractivity contribution >= 4 is 0 Å². The van der Waals surface area contributed by atoms with E-state index in [0.717, 1.165) is 25.7 Å². The van der Waals surface area contributed by atoms with E-state index in [0.29, 0.717) is 6.54 Å². The van der Waals surface area contributed by atoms with E-state index in [9.17, 15) is 5.11 Å². The fourth-order valence-corrected chi connectivity index (χ4v) is 4.16. The maximum absolute atomic E-state index is 11.1. The van der Waals surface area contributed by atoms with Crippen LogP contribution in [0.1, 0.15) is 43.2 Å². The predicted octanol–water partition coefficient (Wildman–Crippen LogP) is 2.13. The fraction of sp³-hybridized carbons (Fsp3) is 0.600. The molecule has 0 heterocycles. The highest BCUT2D eigenvalue weighted by Gasteiger charge is 2.56. The van der Waals surface area contributed by atoms with Crippen molar-refractivity contribution in [2.45, 2.75) is 49.5 Å². The second-order valence-corrected chi connectivity index (χ2v) is 5.69. The van der Waals surface area contributed by atoms with Crippen LogP contribution in [0.5, 0.6) is 0 Å². The molecular formula is C15H21NO. The average molecular weight is 231 g/mol. The third-order valence-electron chi connectivity index (χ3n) is 4.92. The largest absolute Gasteiger partial charge is 0.389 e. The first-order valence-electron chi connectivity index (χ1n) is 6.73. The minimum atomic E-state index is -0.595. The first-order valence-corrected chi connectivity index (χ1v) is 6.73. The van der Waals surface area contributed by atoms with Crippen LogP contribution < -0.4 is 5.73 Å². The molecule has 1 aromatic carbocycles. The third kappa shape index (κ3) is 1.40. The smallest absolute Gasteiger partial charge is 0.0796 e. The number of rotatable bonds is 2. The van der Waals surface area contributed by atoms with Crippen molar-refractivity contribution < 1.29 is 5.11 Å². The lowest BCUT2D eigenvalue weighted by Gasteiger charge is -2.40. The monoisotopic (exact) mass is 231 g/mol. The van der Waals surface area contributed by atoms with Gasteiger partial charge in [0, 0.05) is 11.8 Å². The molecule has 1 fully saturated rings. The summed E-state index contributed by atoms with van der Waals surface area (Å²) in [4.78, 5) is 0. The SMILES string of the molecule is NCCC1(O)Cc2ccccc2C12CCCC2. The molecule has 17 heavy (non-hydrogen) atoms. The van der Waals surface area contributed by atoms with Gasteiger partial charge < -0.3 is 10.8 Å². The highest BCUT2D eigenvalue weighted by atomic mass is 16.3. The van der Waals surface area contributed by atoms with Crippen LogP contribution in [-0.4, -0.2) is 17.3 Å². The Kier molecular flexibility index (Phi) is 2.53. The lowest BCUT2D eigenvalue weighted by molar-refractivity contribution is -0.0306. The molecule has 0 saturated heterocycles. The number of aliphatic hydroxyl groups is 1. The fourth-order valence-electron chi connectivity index (χ4n) is 4.16. The topological polar surface area (TPSA) is 46.2 Å². The molecule has 1 saturated carbocycles. The first-order chi connectivity index (χ1) is 8.22. The van der Waals surface area contributed by atoms with Gasteiger partial charge in [-0.3, -0.25) is 0 Å².